The van der Waals surface area contributed by atoms with Gasteiger partial charge in [0.25, 0.3) is 5.24 Å². The molecule has 0 amide bonds. The zero-order valence-electron chi connectivity index (χ0n) is 7.41. The fourth-order valence-corrected chi connectivity index (χ4v) is 2.18. The minimum absolute atomic E-state index is 0.284. The molecule has 0 saturated carbocycles. The maximum absolute atomic E-state index is 10.8. The molecule has 0 fully saturated rings. The fourth-order valence-electron chi connectivity index (χ4n) is 1.09. The van der Waals surface area contributed by atoms with Crippen LogP contribution in [0.15, 0.2) is 29.6 Å². The Balaban J connectivity index is 2.37. The minimum atomic E-state index is -0.536. The van der Waals surface area contributed by atoms with Crippen LogP contribution in [0.1, 0.15) is 10.5 Å². The lowest BCUT2D eigenvalue weighted by Gasteiger charge is -1.95. The molecule has 0 N–H and O–H groups in total. The van der Waals surface area contributed by atoms with Crippen LogP contribution in [0.5, 0.6) is 0 Å². The summed E-state index contributed by atoms with van der Waals surface area (Å²) < 4.78 is 0. The average molecular weight is 258 g/mol. The Morgan fingerprint density at radius 3 is 2.47 bits per heavy atom. The zero-order valence-corrected chi connectivity index (χ0v) is 9.73. The van der Waals surface area contributed by atoms with Crippen LogP contribution in [0.3, 0.4) is 0 Å². The van der Waals surface area contributed by atoms with Crippen LogP contribution in [0.4, 0.5) is 0 Å². The molecule has 1 aromatic heterocycles. The first-order chi connectivity index (χ1) is 7.16. The summed E-state index contributed by atoms with van der Waals surface area (Å²) in [6.45, 7) is 0. The van der Waals surface area contributed by atoms with Crippen molar-refractivity contribution in [2.75, 3.05) is 0 Å². The number of hydrogen-bond donors (Lipinski definition) is 0. The van der Waals surface area contributed by atoms with Crippen LogP contribution < -0.4 is 0 Å². The van der Waals surface area contributed by atoms with E-state index in [1.807, 2.05) is 12.1 Å². The van der Waals surface area contributed by atoms with Gasteiger partial charge in [-0.3, -0.25) is 4.79 Å². The van der Waals surface area contributed by atoms with Crippen molar-refractivity contribution >= 4 is 39.8 Å². The summed E-state index contributed by atoms with van der Waals surface area (Å²) in [5.41, 5.74) is 1.21. The molecule has 5 heteroatoms. The average Bonchev–Trinajstić information content (AvgIpc) is 2.68. The summed E-state index contributed by atoms with van der Waals surface area (Å²) in [4.78, 5) is 14.9. The molecule has 0 aliphatic rings. The van der Waals surface area contributed by atoms with Crippen molar-refractivity contribution in [3.63, 3.8) is 0 Å². The molecular weight excluding hydrogens is 253 g/mol. The van der Waals surface area contributed by atoms with E-state index in [9.17, 15) is 4.79 Å². The van der Waals surface area contributed by atoms with E-state index < -0.39 is 5.24 Å². The first-order valence-corrected chi connectivity index (χ1v) is 5.71. The standard InChI is InChI=1S/C10H5Cl2NOS/c11-7-3-1-6(2-4-7)10-13-8(5-15-10)9(12)14/h1-5H. The Hall–Kier alpha value is -0.900. The molecule has 1 aromatic carbocycles. The monoisotopic (exact) mass is 257 g/mol. The van der Waals surface area contributed by atoms with E-state index in [4.69, 9.17) is 23.2 Å². The van der Waals surface area contributed by atoms with Gasteiger partial charge < -0.3 is 0 Å². The number of nitrogens with zero attached hydrogens (tertiary/aromatic N) is 1. The highest BCUT2D eigenvalue weighted by atomic mass is 35.5. The maximum Gasteiger partial charge on any atom is 0.271 e. The van der Waals surface area contributed by atoms with Gasteiger partial charge in [0.1, 0.15) is 10.7 Å². The van der Waals surface area contributed by atoms with E-state index >= 15 is 0 Å². The summed E-state index contributed by atoms with van der Waals surface area (Å²) >= 11 is 12.5. The van der Waals surface area contributed by atoms with E-state index in [2.05, 4.69) is 4.98 Å². The van der Waals surface area contributed by atoms with Gasteiger partial charge in [0.2, 0.25) is 0 Å². The van der Waals surface area contributed by atoms with Crippen molar-refractivity contribution in [2.45, 2.75) is 0 Å². The summed E-state index contributed by atoms with van der Waals surface area (Å²) in [6, 6.07) is 7.26. The molecule has 0 bridgehead atoms. The quantitative estimate of drug-likeness (QED) is 0.766. The Labute approximate surface area is 100 Å². The topological polar surface area (TPSA) is 30.0 Å². The molecule has 1 heterocycles. The van der Waals surface area contributed by atoms with Gasteiger partial charge in [-0.05, 0) is 23.7 Å². The number of rotatable bonds is 2. The molecule has 0 saturated heterocycles. The molecule has 2 rings (SSSR count). The first kappa shape index (κ1) is 10.6. The van der Waals surface area contributed by atoms with Crippen molar-refractivity contribution in [1.82, 2.24) is 4.98 Å². The van der Waals surface area contributed by atoms with Crippen molar-refractivity contribution in [3.8, 4) is 10.6 Å². The van der Waals surface area contributed by atoms with Gasteiger partial charge in [0.05, 0.1) is 0 Å². The zero-order chi connectivity index (χ0) is 10.8. The number of halogens is 2. The molecule has 0 spiro atoms. The van der Waals surface area contributed by atoms with Crippen LogP contribution in [0.25, 0.3) is 10.6 Å². The third-order valence-electron chi connectivity index (χ3n) is 1.80. The van der Waals surface area contributed by atoms with Crippen molar-refractivity contribution in [3.05, 3.63) is 40.4 Å². The highest BCUT2D eigenvalue weighted by molar-refractivity contribution is 7.13. The Kier molecular flexibility index (Phi) is 3.05. The minimum Gasteiger partial charge on any atom is -0.274 e. The number of carbonyl (C=O) groups is 1. The molecule has 0 aliphatic heterocycles. The van der Waals surface area contributed by atoms with Gasteiger partial charge in [0, 0.05) is 16.0 Å². The SMILES string of the molecule is O=C(Cl)c1csc(-c2ccc(Cl)cc2)n1. The second-order valence-corrected chi connectivity index (χ2v) is 4.46. The molecule has 0 aliphatic carbocycles. The number of carbonyl (C=O) groups excluding carboxylic acids is 1. The lowest BCUT2D eigenvalue weighted by Crippen LogP contribution is -1.87. The predicted octanol–water partition coefficient (Wildman–Crippen LogP) is 3.84. The predicted molar refractivity (Wildman–Crippen MR) is 62.7 cm³/mol. The second kappa shape index (κ2) is 4.31. The fraction of sp³-hybridized carbons (Fsp3) is 0. The molecule has 76 valence electrons. The normalized spacial score (nSPS) is 10.3. The van der Waals surface area contributed by atoms with Gasteiger partial charge in [-0.2, -0.15) is 0 Å². The molecular formula is C10H5Cl2NOS. The van der Waals surface area contributed by atoms with Crippen LogP contribution >= 0.6 is 34.5 Å². The smallest absolute Gasteiger partial charge is 0.271 e. The van der Waals surface area contributed by atoms with E-state index in [1.54, 1.807) is 17.5 Å². The molecule has 0 radical (unpaired) electrons. The summed E-state index contributed by atoms with van der Waals surface area (Å²) in [7, 11) is 0. The maximum atomic E-state index is 10.8. The Bertz CT molecular complexity index is 492. The summed E-state index contributed by atoms with van der Waals surface area (Å²) in [6.07, 6.45) is 0. The largest absolute Gasteiger partial charge is 0.274 e. The lowest BCUT2D eigenvalue weighted by molar-refractivity contribution is 0.107. The van der Waals surface area contributed by atoms with Crippen LogP contribution in [-0.4, -0.2) is 10.2 Å². The number of hydrogen-bond acceptors (Lipinski definition) is 3. The third kappa shape index (κ3) is 2.37. The molecule has 2 aromatic rings. The van der Waals surface area contributed by atoms with E-state index in [0.717, 1.165) is 10.6 Å². The third-order valence-corrected chi connectivity index (χ3v) is 3.13. The number of benzene rings is 1. The van der Waals surface area contributed by atoms with E-state index in [-0.39, 0.29) is 5.69 Å². The van der Waals surface area contributed by atoms with Crippen LogP contribution in [0.2, 0.25) is 5.02 Å². The van der Waals surface area contributed by atoms with Gasteiger partial charge in [0.15, 0.2) is 0 Å². The first-order valence-electron chi connectivity index (χ1n) is 4.08. The summed E-state index contributed by atoms with van der Waals surface area (Å²) in [5.74, 6) is 0. The summed E-state index contributed by atoms with van der Waals surface area (Å²) in [5, 5.41) is 2.53. The van der Waals surface area contributed by atoms with Gasteiger partial charge in [-0.25, -0.2) is 4.98 Å². The van der Waals surface area contributed by atoms with Crippen LogP contribution in [-0.2, 0) is 0 Å². The second-order valence-electron chi connectivity index (χ2n) is 2.82. The van der Waals surface area contributed by atoms with Crippen molar-refractivity contribution < 1.29 is 4.79 Å². The number of aromatic nitrogens is 1. The lowest BCUT2D eigenvalue weighted by atomic mass is 10.2. The molecule has 15 heavy (non-hydrogen) atoms. The van der Waals surface area contributed by atoms with E-state index in [0.29, 0.717) is 5.02 Å². The molecule has 0 unspecified atom stereocenters. The van der Waals surface area contributed by atoms with Crippen molar-refractivity contribution in [1.29, 1.82) is 0 Å². The van der Waals surface area contributed by atoms with Crippen molar-refractivity contribution in [2.24, 2.45) is 0 Å². The van der Waals surface area contributed by atoms with Gasteiger partial charge in [-0.15, -0.1) is 11.3 Å². The van der Waals surface area contributed by atoms with E-state index in [1.165, 1.54) is 11.3 Å². The Morgan fingerprint density at radius 1 is 1.27 bits per heavy atom. The highest BCUT2D eigenvalue weighted by Crippen LogP contribution is 2.25. The van der Waals surface area contributed by atoms with Gasteiger partial charge >= 0.3 is 0 Å². The number of thiazole rings is 1. The Morgan fingerprint density at radius 2 is 1.93 bits per heavy atom. The molecule has 0 atom stereocenters. The van der Waals surface area contributed by atoms with Gasteiger partial charge in [-0.1, -0.05) is 23.7 Å². The highest BCUT2D eigenvalue weighted by Gasteiger charge is 2.08. The molecule has 2 nitrogen and oxygen atoms in total. The van der Waals surface area contributed by atoms with Crippen LogP contribution in [0, 0.1) is 0 Å².